The van der Waals surface area contributed by atoms with Gasteiger partial charge in [0.25, 0.3) is 0 Å². The first-order valence-corrected chi connectivity index (χ1v) is 8.40. The van der Waals surface area contributed by atoms with E-state index in [4.69, 9.17) is 14.5 Å². The molecule has 1 aromatic rings. The van der Waals surface area contributed by atoms with Crippen molar-refractivity contribution in [3.63, 3.8) is 0 Å². The molecule has 1 N–H and O–H groups in total. The van der Waals surface area contributed by atoms with Gasteiger partial charge >= 0.3 is 0 Å². The molecule has 0 atom stereocenters. The molecule has 4 heterocycles. The van der Waals surface area contributed by atoms with Crippen molar-refractivity contribution in [2.24, 2.45) is 0 Å². The number of piperazine rings is 1. The third-order valence-corrected chi connectivity index (χ3v) is 5.53. The number of nitrogens with zero attached hydrogens (tertiary/aromatic N) is 3. The van der Waals surface area contributed by atoms with Gasteiger partial charge in [-0.05, 0) is 26.0 Å². The standard InChI is InChI=1S/C17H24N4O3/c1-20-6-7-21(14(22)10-20)17-8-11(9-17)18-15-12(17)4-5-13(19-15)16(23-2)24-3/h4-5,11,16H,6-10H2,1-3H3,(H,18,19). The SMILES string of the molecule is COC(OC)c1ccc2c(n1)NC1CC2(N2CCN(C)CC2=O)C1. The summed E-state index contributed by atoms with van der Waals surface area (Å²) in [5.74, 6) is 1.08. The number of methoxy groups -OCH3 is 2. The van der Waals surface area contributed by atoms with Gasteiger partial charge in [-0.1, -0.05) is 6.07 Å². The Kier molecular flexibility index (Phi) is 3.74. The summed E-state index contributed by atoms with van der Waals surface area (Å²) in [6.07, 6.45) is 1.46. The van der Waals surface area contributed by atoms with E-state index < -0.39 is 6.29 Å². The third-order valence-electron chi connectivity index (χ3n) is 5.53. The molecule has 130 valence electrons. The molecule has 2 bridgehead atoms. The first-order chi connectivity index (χ1) is 11.6. The van der Waals surface area contributed by atoms with E-state index >= 15 is 0 Å². The first-order valence-electron chi connectivity index (χ1n) is 8.40. The average molecular weight is 332 g/mol. The Bertz CT molecular complexity index is 655. The van der Waals surface area contributed by atoms with Crippen LogP contribution in [-0.2, 0) is 19.8 Å². The van der Waals surface area contributed by atoms with Crippen LogP contribution < -0.4 is 5.32 Å². The smallest absolute Gasteiger partial charge is 0.237 e. The lowest BCUT2D eigenvalue weighted by atomic mass is 9.64. The summed E-state index contributed by atoms with van der Waals surface area (Å²) in [7, 11) is 5.20. The number of hydrogen-bond acceptors (Lipinski definition) is 6. The number of aromatic nitrogens is 1. The largest absolute Gasteiger partial charge is 0.367 e. The molecule has 1 saturated carbocycles. The molecule has 5 rings (SSSR count). The van der Waals surface area contributed by atoms with E-state index in [9.17, 15) is 4.79 Å². The van der Waals surface area contributed by atoms with E-state index in [0.29, 0.717) is 12.6 Å². The highest BCUT2D eigenvalue weighted by molar-refractivity contribution is 5.81. The van der Waals surface area contributed by atoms with Crippen molar-refractivity contribution in [1.82, 2.24) is 14.8 Å². The Morgan fingerprint density at radius 3 is 2.71 bits per heavy atom. The van der Waals surface area contributed by atoms with Crippen molar-refractivity contribution in [3.8, 4) is 0 Å². The Morgan fingerprint density at radius 1 is 1.29 bits per heavy atom. The number of ether oxygens (including phenoxy) is 2. The first kappa shape index (κ1) is 15.8. The summed E-state index contributed by atoms with van der Waals surface area (Å²) in [4.78, 5) is 21.5. The molecule has 2 fully saturated rings. The van der Waals surface area contributed by atoms with Gasteiger partial charge in [0.1, 0.15) is 5.82 Å². The van der Waals surface area contributed by atoms with Crippen molar-refractivity contribution in [2.45, 2.75) is 30.7 Å². The molecular formula is C17H24N4O3. The lowest BCUT2D eigenvalue weighted by Gasteiger charge is -2.59. The Balaban J connectivity index is 1.68. The maximum absolute atomic E-state index is 12.6. The fraction of sp³-hybridized carbons (Fsp3) is 0.647. The van der Waals surface area contributed by atoms with E-state index in [2.05, 4.69) is 21.2 Å². The number of amides is 1. The fourth-order valence-corrected chi connectivity index (χ4v) is 4.31. The number of hydrogen-bond donors (Lipinski definition) is 1. The molecule has 1 amide bonds. The minimum absolute atomic E-state index is 0.190. The van der Waals surface area contributed by atoms with E-state index in [1.54, 1.807) is 14.2 Å². The second-order valence-corrected chi connectivity index (χ2v) is 7.00. The maximum atomic E-state index is 12.6. The third kappa shape index (κ3) is 2.22. The Morgan fingerprint density at radius 2 is 2.04 bits per heavy atom. The number of likely N-dealkylation sites (N-methyl/N-ethyl adjacent to an activating group) is 1. The van der Waals surface area contributed by atoms with Crippen LogP contribution in [0.5, 0.6) is 0 Å². The van der Waals surface area contributed by atoms with Crippen molar-refractivity contribution < 1.29 is 14.3 Å². The van der Waals surface area contributed by atoms with Crippen molar-refractivity contribution in [2.75, 3.05) is 46.2 Å². The van der Waals surface area contributed by atoms with Crippen LogP contribution in [0.2, 0.25) is 0 Å². The fourth-order valence-electron chi connectivity index (χ4n) is 4.31. The highest BCUT2D eigenvalue weighted by atomic mass is 16.7. The van der Waals surface area contributed by atoms with Crippen molar-refractivity contribution in [3.05, 3.63) is 23.4 Å². The maximum Gasteiger partial charge on any atom is 0.237 e. The highest BCUT2D eigenvalue weighted by Gasteiger charge is 2.56. The summed E-state index contributed by atoms with van der Waals surface area (Å²) in [6, 6.07) is 4.41. The molecule has 1 aliphatic carbocycles. The van der Waals surface area contributed by atoms with Gasteiger partial charge < -0.3 is 19.7 Å². The number of nitrogens with one attached hydrogen (secondary N) is 1. The summed E-state index contributed by atoms with van der Waals surface area (Å²) < 4.78 is 10.6. The number of rotatable bonds is 4. The number of carbonyl (C=O) groups is 1. The van der Waals surface area contributed by atoms with E-state index in [0.717, 1.165) is 43.0 Å². The minimum atomic E-state index is -0.475. The van der Waals surface area contributed by atoms with Crippen molar-refractivity contribution >= 4 is 11.7 Å². The number of anilines is 1. The molecule has 0 spiro atoms. The monoisotopic (exact) mass is 332 g/mol. The minimum Gasteiger partial charge on any atom is -0.367 e. The molecule has 0 aromatic carbocycles. The summed E-state index contributed by atoms with van der Waals surface area (Å²) in [5.41, 5.74) is 1.68. The second kappa shape index (κ2) is 5.68. The summed E-state index contributed by atoms with van der Waals surface area (Å²) >= 11 is 0. The Labute approximate surface area is 141 Å². The van der Waals surface area contributed by atoms with E-state index in [1.165, 1.54) is 0 Å². The molecule has 7 nitrogen and oxygen atoms in total. The zero-order valence-electron chi connectivity index (χ0n) is 14.4. The van der Waals surface area contributed by atoms with Crippen LogP contribution in [-0.4, -0.2) is 67.6 Å². The van der Waals surface area contributed by atoms with Gasteiger partial charge in [0.15, 0.2) is 0 Å². The summed E-state index contributed by atoms with van der Waals surface area (Å²) in [5, 5.41) is 3.49. The lowest BCUT2D eigenvalue weighted by Crippen LogP contribution is -2.67. The average Bonchev–Trinajstić information content (AvgIpc) is 2.54. The van der Waals surface area contributed by atoms with Gasteiger partial charge in [0, 0.05) is 38.9 Å². The van der Waals surface area contributed by atoms with Crippen LogP contribution in [0.25, 0.3) is 0 Å². The Hall–Kier alpha value is -1.70. The van der Waals surface area contributed by atoms with Crippen LogP contribution in [0.3, 0.4) is 0 Å². The van der Waals surface area contributed by atoms with Crippen LogP contribution in [0.1, 0.15) is 30.4 Å². The molecule has 7 heteroatoms. The van der Waals surface area contributed by atoms with Gasteiger partial charge in [-0.3, -0.25) is 9.69 Å². The molecule has 0 unspecified atom stereocenters. The number of carbonyl (C=O) groups excluding carboxylic acids is 1. The van der Waals surface area contributed by atoms with E-state index in [-0.39, 0.29) is 11.4 Å². The number of pyridine rings is 1. The normalized spacial score (nSPS) is 29.2. The lowest BCUT2D eigenvalue weighted by molar-refractivity contribution is -0.149. The van der Waals surface area contributed by atoms with Gasteiger partial charge in [-0.15, -0.1) is 0 Å². The van der Waals surface area contributed by atoms with E-state index in [1.807, 2.05) is 13.1 Å². The van der Waals surface area contributed by atoms with Gasteiger partial charge in [-0.25, -0.2) is 4.98 Å². The molecule has 3 aliphatic heterocycles. The molecule has 1 saturated heterocycles. The molecule has 24 heavy (non-hydrogen) atoms. The van der Waals surface area contributed by atoms with Gasteiger partial charge in [0.05, 0.1) is 17.8 Å². The predicted molar refractivity (Wildman–Crippen MR) is 88.5 cm³/mol. The van der Waals surface area contributed by atoms with Crippen LogP contribution >= 0.6 is 0 Å². The van der Waals surface area contributed by atoms with Crippen LogP contribution in [0.15, 0.2) is 12.1 Å². The zero-order chi connectivity index (χ0) is 16.9. The second-order valence-electron chi connectivity index (χ2n) is 7.00. The zero-order valence-corrected chi connectivity index (χ0v) is 14.4. The topological polar surface area (TPSA) is 66.9 Å². The quantitative estimate of drug-likeness (QED) is 0.828. The predicted octanol–water partition coefficient (Wildman–Crippen LogP) is 0.930. The van der Waals surface area contributed by atoms with Gasteiger partial charge in [0.2, 0.25) is 12.2 Å². The summed E-state index contributed by atoms with van der Waals surface area (Å²) in [6.45, 7) is 2.19. The van der Waals surface area contributed by atoms with Crippen molar-refractivity contribution in [1.29, 1.82) is 0 Å². The highest BCUT2D eigenvalue weighted by Crippen LogP contribution is 2.54. The molecular weight excluding hydrogens is 308 g/mol. The van der Waals surface area contributed by atoms with Crippen LogP contribution in [0.4, 0.5) is 5.82 Å². The van der Waals surface area contributed by atoms with Gasteiger partial charge in [-0.2, -0.15) is 0 Å². The van der Waals surface area contributed by atoms with Crippen LogP contribution in [0, 0.1) is 0 Å². The molecule has 4 aliphatic rings. The molecule has 1 aromatic heterocycles. The molecule has 0 radical (unpaired) electrons.